The quantitative estimate of drug-likeness (QED) is 0.889. The summed E-state index contributed by atoms with van der Waals surface area (Å²) in [7, 11) is 3.31. The molecular formula is C18H19BrN2O2. The van der Waals surface area contributed by atoms with Gasteiger partial charge < -0.3 is 14.9 Å². The maximum absolute atomic E-state index is 5.47. The van der Waals surface area contributed by atoms with Gasteiger partial charge in [-0.25, -0.2) is 0 Å². The van der Waals surface area contributed by atoms with Gasteiger partial charge in [-0.3, -0.25) is 0 Å². The molecule has 0 aromatic heterocycles. The number of rotatable bonds is 3. The van der Waals surface area contributed by atoms with Crippen molar-refractivity contribution in [2.45, 2.75) is 19.4 Å². The van der Waals surface area contributed by atoms with Gasteiger partial charge in [-0.05, 0) is 43.2 Å². The number of fused-ring (bicyclic) bond motifs is 1. The zero-order valence-electron chi connectivity index (χ0n) is 13.4. The molecule has 0 bridgehead atoms. The van der Waals surface area contributed by atoms with E-state index in [0.717, 1.165) is 33.5 Å². The summed E-state index contributed by atoms with van der Waals surface area (Å²) in [6, 6.07) is 12.5. The highest BCUT2D eigenvalue weighted by atomic mass is 79.9. The molecule has 0 aliphatic carbocycles. The number of nitrogens with one attached hydrogen (secondary N) is 1. The third kappa shape index (κ3) is 3.20. The van der Waals surface area contributed by atoms with Gasteiger partial charge in [-0.2, -0.15) is 5.10 Å². The van der Waals surface area contributed by atoms with Crippen molar-refractivity contribution in [3.05, 3.63) is 57.6 Å². The summed E-state index contributed by atoms with van der Waals surface area (Å²) in [5, 5.41) is 4.63. The minimum atomic E-state index is 0.250. The molecule has 0 amide bonds. The highest BCUT2D eigenvalue weighted by Gasteiger charge is 2.21. The molecule has 1 aliphatic heterocycles. The van der Waals surface area contributed by atoms with E-state index in [2.05, 4.69) is 45.5 Å². The van der Waals surface area contributed by atoms with E-state index in [-0.39, 0.29) is 6.04 Å². The summed E-state index contributed by atoms with van der Waals surface area (Å²) in [6.45, 7) is 2.12. The first-order valence-electron chi connectivity index (χ1n) is 7.46. The number of methoxy groups -OCH3 is 2. The van der Waals surface area contributed by atoms with Crippen LogP contribution in [0.15, 0.2) is 46.0 Å². The Hall–Kier alpha value is -2.01. The van der Waals surface area contributed by atoms with Gasteiger partial charge >= 0.3 is 0 Å². The molecule has 1 heterocycles. The average molecular weight is 375 g/mol. The first-order valence-corrected chi connectivity index (χ1v) is 8.26. The fourth-order valence-electron chi connectivity index (χ4n) is 2.75. The van der Waals surface area contributed by atoms with Crippen molar-refractivity contribution >= 4 is 21.6 Å². The highest BCUT2D eigenvalue weighted by Crippen LogP contribution is 2.33. The van der Waals surface area contributed by atoms with Gasteiger partial charge in [0.25, 0.3) is 0 Å². The smallest absolute Gasteiger partial charge is 0.161 e. The molecule has 0 saturated heterocycles. The Balaban J connectivity index is 2.17. The maximum Gasteiger partial charge on any atom is 0.161 e. The van der Waals surface area contributed by atoms with Gasteiger partial charge in [0.05, 0.1) is 19.9 Å². The van der Waals surface area contributed by atoms with E-state index >= 15 is 0 Å². The number of hydrogen-bond acceptors (Lipinski definition) is 4. The number of hydrazone groups is 1. The van der Waals surface area contributed by atoms with Crippen LogP contribution in [0.1, 0.15) is 23.6 Å². The molecule has 1 N–H and O–H groups in total. The van der Waals surface area contributed by atoms with Crippen molar-refractivity contribution in [1.82, 2.24) is 5.43 Å². The first kappa shape index (κ1) is 15.9. The standard InChI is InChI=1S/C18H19BrN2O2/c1-11-8-13-9-16(22-2)17(23-3)10-15(13)18(21-20-11)12-4-6-14(19)7-5-12/h4-7,9-11,20H,8H2,1-3H3. The monoisotopic (exact) mass is 374 g/mol. The normalized spacial score (nSPS) is 16.7. The molecule has 0 spiro atoms. The lowest BCUT2D eigenvalue weighted by molar-refractivity contribution is 0.354. The topological polar surface area (TPSA) is 42.9 Å². The second-order valence-electron chi connectivity index (χ2n) is 5.57. The van der Waals surface area contributed by atoms with Crippen LogP contribution in [0.5, 0.6) is 11.5 Å². The molecule has 0 radical (unpaired) electrons. The molecular weight excluding hydrogens is 356 g/mol. The zero-order chi connectivity index (χ0) is 16.4. The van der Waals surface area contributed by atoms with Gasteiger partial charge in [0.1, 0.15) is 0 Å². The zero-order valence-corrected chi connectivity index (χ0v) is 15.0. The van der Waals surface area contributed by atoms with Crippen molar-refractivity contribution in [1.29, 1.82) is 0 Å². The lowest BCUT2D eigenvalue weighted by Crippen LogP contribution is -2.21. The Morgan fingerprint density at radius 3 is 2.39 bits per heavy atom. The van der Waals surface area contributed by atoms with Crippen LogP contribution in [-0.4, -0.2) is 26.0 Å². The molecule has 1 aliphatic rings. The van der Waals surface area contributed by atoms with E-state index in [1.807, 2.05) is 24.3 Å². The van der Waals surface area contributed by atoms with Crippen LogP contribution < -0.4 is 14.9 Å². The predicted molar refractivity (Wildman–Crippen MR) is 95.6 cm³/mol. The minimum absolute atomic E-state index is 0.250. The first-order chi connectivity index (χ1) is 11.1. The van der Waals surface area contributed by atoms with Crippen LogP contribution in [-0.2, 0) is 6.42 Å². The lowest BCUT2D eigenvalue weighted by atomic mass is 9.94. The molecule has 4 nitrogen and oxygen atoms in total. The van der Waals surface area contributed by atoms with Crippen molar-refractivity contribution in [3.8, 4) is 11.5 Å². The molecule has 1 atom stereocenters. The Kier molecular flexibility index (Phi) is 4.57. The fourth-order valence-corrected chi connectivity index (χ4v) is 3.01. The van der Waals surface area contributed by atoms with Gasteiger partial charge in [0.2, 0.25) is 0 Å². The predicted octanol–water partition coefficient (Wildman–Crippen LogP) is 3.75. The molecule has 0 saturated carbocycles. The number of ether oxygens (including phenoxy) is 2. The second-order valence-corrected chi connectivity index (χ2v) is 6.48. The number of halogens is 1. The third-order valence-electron chi connectivity index (χ3n) is 3.91. The molecule has 3 rings (SSSR count). The summed E-state index contributed by atoms with van der Waals surface area (Å²) >= 11 is 3.48. The van der Waals surface area contributed by atoms with Gasteiger partial charge in [0, 0.05) is 21.6 Å². The Morgan fingerprint density at radius 1 is 1.09 bits per heavy atom. The Bertz CT molecular complexity index is 741. The molecule has 1 unspecified atom stereocenters. The Morgan fingerprint density at radius 2 is 1.74 bits per heavy atom. The van der Waals surface area contributed by atoms with Crippen molar-refractivity contribution in [3.63, 3.8) is 0 Å². The van der Waals surface area contributed by atoms with E-state index in [1.54, 1.807) is 14.2 Å². The average Bonchev–Trinajstić information content (AvgIpc) is 2.72. The maximum atomic E-state index is 5.47. The number of benzene rings is 2. The third-order valence-corrected chi connectivity index (χ3v) is 4.43. The fraction of sp³-hybridized carbons (Fsp3) is 0.278. The molecule has 2 aromatic carbocycles. The summed E-state index contributed by atoms with van der Waals surface area (Å²) < 4.78 is 12.0. The van der Waals surface area contributed by atoms with Crippen LogP contribution in [0.25, 0.3) is 0 Å². The highest BCUT2D eigenvalue weighted by molar-refractivity contribution is 9.10. The summed E-state index contributed by atoms with van der Waals surface area (Å²) in [5.41, 5.74) is 7.46. The Labute approximate surface area is 144 Å². The van der Waals surface area contributed by atoms with E-state index in [0.29, 0.717) is 5.75 Å². The van der Waals surface area contributed by atoms with Crippen LogP contribution in [0.2, 0.25) is 0 Å². The molecule has 5 heteroatoms. The summed E-state index contributed by atoms with van der Waals surface area (Å²) in [6.07, 6.45) is 0.874. The van der Waals surface area contributed by atoms with Gasteiger partial charge in [0.15, 0.2) is 11.5 Å². The molecule has 23 heavy (non-hydrogen) atoms. The van der Waals surface area contributed by atoms with Crippen LogP contribution in [0, 0.1) is 0 Å². The molecule has 2 aromatic rings. The van der Waals surface area contributed by atoms with Crippen LogP contribution in [0.3, 0.4) is 0 Å². The minimum Gasteiger partial charge on any atom is -0.493 e. The van der Waals surface area contributed by atoms with E-state index in [9.17, 15) is 0 Å². The van der Waals surface area contributed by atoms with Crippen molar-refractivity contribution in [2.24, 2.45) is 5.10 Å². The van der Waals surface area contributed by atoms with Crippen molar-refractivity contribution < 1.29 is 9.47 Å². The summed E-state index contributed by atoms with van der Waals surface area (Å²) in [5.74, 6) is 1.46. The van der Waals surface area contributed by atoms with Gasteiger partial charge in [-0.15, -0.1) is 0 Å². The molecule has 0 fully saturated rings. The van der Waals surface area contributed by atoms with Crippen LogP contribution in [0.4, 0.5) is 0 Å². The SMILES string of the molecule is COc1cc2c(cc1OC)C(c1ccc(Br)cc1)=NNC(C)C2. The van der Waals surface area contributed by atoms with Crippen LogP contribution >= 0.6 is 15.9 Å². The lowest BCUT2D eigenvalue weighted by Gasteiger charge is -2.15. The van der Waals surface area contributed by atoms with E-state index in [4.69, 9.17) is 9.47 Å². The largest absolute Gasteiger partial charge is 0.493 e. The number of hydrogen-bond donors (Lipinski definition) is 1. The number of nitrogens with zero attached hydrogens (tertiary/aromatic N) is 1. The second kappa shape index (κ2) is 6.62. The summed E-state index contributed by atoms with van der Waals surface area (Å²) in [4.78, 5) is 0. The van der Waals surface area contributed by atoms with E-state index in [1.165, 1.54) is 5.56 Å². The van der Waals surface area contributed by atoms with Gasteiger partial charge in [-0.1, -0.05) is 28.1 Å². The molecule has 120 valence electrons. The van der Waals surface area contributed by atoms with Crippen molar-refractivity contribution in [2.75, 3.05) is 14.2 Å². The van der Waals surface area contributed by atoms with E-state index < -0.39 is 0 Å².